The third-order valence-electron chi connectivity index (χ3n) is 3.32. The minimum absolute atomic E-state index is 0.173. The highest BCUT2D eigenvalue weighted by molar-refractivity contribution is 7.16. The first-order chi connectivity index (χ1) is 12.2. The summed E-state index contributed by atoms with van der Waals surface area (Å²) in [5, 5.41) is 18.4. The molecule has 0 atom stereocenters. The number of esters is 1. The number of aromatic nitrogens is 1. The Morgan fingerprint density at radius 1 is 1.24 bits per heavy atom. The molecule has 0 fully saturated rings. The van der Waals surface area contributed by atoms with E-state index in [2.05, 4.69) is 15.2 Å². The third-order valence-corrected chi connectivity index (χ3v) is 4.11. The molecule has 1 aromatic heterocycles. The van der Waals surface area contributed by atoms with Crippen molar-refractivity contribution < 1.29 is 14.6 Å². The van der Waals surface area contributed by atoms with Gasteiger partial charge in [0.05, 0.1) is 28.0 Å². The SMILES string of the molecule is CCOC(=O)/C(N=Nc1ccc2ncsc2c1)=C(/O)c1ccccc1. The van der Waals surface area contributed by atoms with Gasteiger partial charge in [-0.1, -0.05) is 30.3 Å². The number of carbonyl (C=O) groups excluding carboxylic acids is 1. The summed E-state index contributed by atoms with van der Waals surface area (Å²) in [7, 11) is 0. The molecule has 1 N–H and O–H groups in total. The molecule has 3 rings (SSSR count). The number of ether oxygens (including phenoxy) is 1. The van der Waals surface area contributed by atoms with Crippen LogP contribution in [0.4, 0.5) is 5.69 Å². The summed E-state index contributed by atoms with van der Waals surface area (Å²) in [6.07, 6.45) is 0. The summed E-state index contributed by atoms with van der Waals surface area (Å²) >= 11 is 1.49. The number of aliphatic hydroxyl groups excluding tert-OH is 1. The molecule has 3 aromatic rings. The molecule has 0 bridgehead atoms. The van der Waals surface area contributed by atoms with Gasteiger partial charge in [0.15, 0.2) is 5.76 Å². The standard InChI is InChI=1S/C18H15N3O3S/c1-2-24-18(23)16(17(22)12-6-4-3-5-7-12)21-20-13-8-9-14-15(10-13)25-11-19-14/h3-11,22H,2H2,1H3/b17-16-,21-20?. The third kappa shape index (κ3) is 3.89. The van der Waals surface area contributed by atoms with E-state index in [1.54, 1.807) is 42.8 Å². The van der Waals surface area contributed by atoms with Crippen LogP contribution in [0.3, 0.4) is 0 Å². The second-order valence-electron chi connectivity index (χ2n) is 4.99. The molecular formula is C18H15N3O3S. The molecule has 0 amide bonds. The summed E-state index contributed by atoms with van der Waals surface area (Å²) in [6, 6.07) is 14.1. The van der Waals surface area contributed by atoms with Gasteiger partial charge in [-0.3, -0.25) is 0 Å². The fraction of sp³-hybridized carbons (Fsp3) is 0.111. The molecule has 126 valence electrons. The number of fused-ring (bicyclic) bond motifs is 1. The first kappa shape index (κ1) is 16.8. The Kier molecular flexibility index (Phi) is 5.15. The Bertz CT molecular complexity index is 948. The van der Waals surface area contributed by atoms with Crippen LogP contribution in [0.2, 0.25) is 0 Å². The zero-order chi connectivity index (χ0) is 17.6. The minimum atomic E-state index is -0.730. The Morgan fingerprint density at radius 3 is 2.80 bits per heavy atom. The molecule has 6 nitrogen and oxygen atoms in total. The number of thiazole rings is 1. The zero-order valence-corrected chi connectivity index (χ0v) is 14.2. The normalized spacial score (nSPS) is 12.4. The Morgan fingerprint density at radius 2 is 2.04 bits per heavy atom. The molecule has 0 unspecified atom stereocenters. The molecule has 2 aromatic carbocycles. The molecule has 0 saturated carbocycles. The molecule has 0 aliphatic heterocycles. The van der Waals surface area contributed by atoms with E-state index in [4.69, 9.17) is 4.74 Å². The van der Waals surface area contributed by atoms with Crippen LogP contribution in [0.25, 0.3) is 16.0 Å². The molecule has 0 saturated heterocycles. The van der Waals surface area contributed by atoms with Crippen molar-refractivity contribution in [3.63, 3.8) is 0 Å². The van der Waals surface area contributed by atoms with Gasteiger partial charge < -0.3 is 9.84 Å². The molecule has 0 aliphatic carbocycles. The average Bonchev–Trinajstić information content (AvgIpc) is 3.10. The minimum Gasteiger partial charge on any atom is -0.505 e. The van der Waals surface area contributed by atoms with E-state index in [1.165, 1.54) is 11.3 Å². The van der Waals surface area contributed by atoms with Crippen LogP contribution < -0.4 is 0 Å². The van der Waals surface area contributed by atoms with Crippen molar-refractivity contribution in [2.45, 2.75) is 6.92 Å². The van der Waals surface area contributed by atoms with Gasteiger partial charge in [-0.2, -0.15) is 5.11 Å². The van der Waals surface area contributed by atoms with Gasteiger partial charge in [-0.15, -0.1) is 16.5 Å². The lowest BCUT2D eigenvalue weighted by atomic mass is 10.1. The number of benzene rings is 2. The van der Waals surface area contributed by atoms with Crippen molar-refractivity contribution in [1.82, 2.24) is 4.98 Å². The lowest BCUT2D eigenvalue weighted by Crippen LogP contribution is -2.08. The van der Waals surface area contributed by atoms with Crippen LogP contribution in [-0.2, 0) is 9.53 Å². The van der Waals surface area contributed by atoms with E-state index in [0.29, 0.717) is 11.3 Å². The quantitative estimate of drug-likeness (QED) is 0.307. The first-order valence-corrected chi connectivity index (χ1v) is 8.47. The van der Waals surface area contributed by atoms with Gasteiger partial charge in [-0.25, -0.2) is 9.78 Å². The molecule has 0 aliphatic rings. The molecule has 0 radical (unpaired) electrons. The zero-order valence-electron chi connectivity index (χ0n) is 13.4. The first-order valence-electron chi connectivity index (χ1n) is 7.60. The Balaban J connectivity index is 1.98. The fourth-order valence-corrected chi connectivity index (χ4v) is 2.84. The number of rotatable bonds is 5. The highest BCUT2D eigenvalue weighted by Crippen LogP contribution is 2.25. The lowest BCUT2D eigenvalue weighted by Gasteiger charge is -2.05. The number of hydrogen-bond acceptors (Lipinski definition) is 7. The van der Waals surface area contributed by atoms with Crippen molar-refractivity contribution in [1.29, 1.82) is 0 Å². The largest absolute Gasteiger partial charge is 0.505 e. The van der Waals surface area contributed by atoms with Crippen LogP contribution in [-0.4, -0.2) is 22.7 Å². The van der Waals surface area contributed by atoms with Gasteiger partial charge in [0.1, 0.15) is 0 Å². The number of aliphatic hydroxyl groups is 1. The van der Waals surface area contributed by atoms with E-state index in [9.17, 15) is 9.90 Å². The molecular weight excluding hydrogens is 338 g/mol. The van der Waals surface area contributed by atoms with E-state index < -0.39 is 5.97 Å². The monoisotopic (exact) mass is 353 g/mol. The Labute approximate surface area is 148 Å². The number of carbonyl (C=O) groups is 1. The highest BCUT2D eigenvalue weighted by atomic mass is 32.1. The predicted octanol–water partition coefficient (Wildman–Crippen LogP) is 4.87. The highest BCUT2D eigenvalue weighted by Gasteiger charge is 2.18. The maximum atomic E-state index is 12.1. The fourth-order valence-electron chi connectivity index (χ4n) is 2.13. The predicted molar refractivity (Wildman–Crippen MR) is 96.8 cm³/mol. The van der Waals surface area contributed by atoms with Crippen molar-refractivity contribution in [3.05, 3.63) is 65.3 Å². The van der Waals surface area contributed by atoms with E-state index in [-0.39, 0.29) is 18.1 Å². The molecule has 0 spiro atoms. The van der Waals surface area contributed by atoms with Crippen LogP contribution >= 0.6 is 11.3 Å². The van der Waals surface area contributed by atoms with Gasteiger partial charge >= 0.3 is 5.97 Å². The Hall–Kier alpha value is -3.06. The van der Waals surface area contributed by atoms with Crippen molar-refractivity contribution in [3.8, 4) is 0 Å². The smallest absolute Gasteiger partial charge is 0.362 e. The van der Waals surface area contributed by atoms with Crippen LogP contribution in [0.15, 0.2) is 70.0 Å². The second-order valence-corrected chi connectivity index (χ2v) is 5.87. The number of azo groups is 1. The molecule has 7 heteroatoms. The molecule has 1 heterocycles. The van der Waals surface area contributed by atoms with E-state index >= 15 is 0 Å². The number of hydrogen-bond donors (Lipinski definition) is 1. The maximum Gasteiger partial charge on any atom is 0.362 e. The van der Waals surface area contributed by atoms with E-state index in [1.807, 2.05) is 18.2 Å². The van der Waals surface area contributed by atoms with Gasteiger partial charge in [-0.05, 0) is 25.1 Å². The van der Waals surface area contributed by atoms with Crippen LogP contribution in [0.5, 0.6) is 0 Å². The second kappa shape index (κ2) is 7.67. The van der Waals surface area contributed by atoms with Gasteiger partial charge in [0.25, 0.3) is 0 Å². The van der Waals surface area contributed by atoms with Crippen molar-refractivity contribution in [2.75, 3.05) is 6.61 Å². The summed E-state index contributed by atoms with van der Waals surface area (Å²) < 4.78 is 5.94. The average molecular weight is 353 g/mol. The van der Waals surface area contributed by atoms with Gasteiger partial charge in [0.2, 0.25) is 5.70 Å². The van der Waals surface area contributed by atoms with Crippen molar-refractivity contribution in [2.24, 2.45) is 10.2 Å². The lowest BCUT2D eigenvalue weighted by molar-refractivity contribution is -0.138. The van der Waals surface area contributed by atoms with Gasteiger partial charge in [0, 0.05) is 5.56 Å². The van der Waals surface area contributed by atoms with Crippen LogP contribution in [0, 0.1) is 0 Å². The van der Waals surface area contributed by atoms with Crippen molar-refractivity contribution >= 4 is 39.0 Å². The summed E-state index contributed by atoms with van der Waals surface area (Å²) in [5.41, 5.74) is 3.40. The summed E-state index contributed by atoms with van der Waals surface area (Å²) in [6.45, 7) is 1.86. The molecule has 25 heavy (non-hydrogen) atoms. The topological polar surface area (TPSA) is 84.1 Å². The van der Waals surface area contributed by atoms with Crippen LogP contribution in [0.1, 0.15) is 12.5 Å². The summed E-state index contributed by atoms with van der Waals surface area (Å²) in [4.78, 5) is 16.3. The van der Waals surface area contributed by atoms with E-state index in [0.717, 1.165) is 10.2 Å². The summed E-state index contributed by atoms with van der Waals surface area (Å²) in [5.74, 6) is -1.01. The number of nitrogens with zero attached hydrogens (tertiary/aromatic N) is 3. The maximum absolute atomic E-state index is 12.1.